The van der Waals surface area contributed by atoms with Crippen LogP contribution < -0.4 is 0 Å². The van der Waals surface area contributed by atoms with E-state index in [1.807, 2.05) is 0 Å². The summed E-state index contributed by atoms with van der Waals surface area (Å²) in [5.41, 5.74) is 0.384. The van der Waals surface area contributed by atoms with E-state index in [4.69, 9.17) is 4.74 Å². The quantitative estimate of drug-likeness (QED) is 0.796. The fraction of sp³-hybridized carbons (Fsp3) is 0.176. The van der Waals surface area contributed by atoms with Crippen molar-refractivity contribution in [2.24, 2.45) is 0 Å². The molecule has 6 heteroatoms. The lowest BCUT2D eigenvalue weighted by molar-refractivity contribution is -0.133. The second kappa shape index (κ2) is 7.49. The molecule has 23 heavy (non-hydrogen) atoms. The summed E-state index contributed by atoms with van der Waals surface area (Å²) in [6.07, 6.45) is 0. The van der Waals surface area contributed by atoms with Crippen molar-refractivity contribution in [2.75, 3.05) is 13.7 Å². The first-order valence-corrected chi connectivity index (χ1v) is 6.87. The van der Waals surface area contributed by atoms with Gasteiger partial charge in [0.1, 0.15) is 11.6 Å². The maximum absolute atomic E-state index is 13.5. The summed E-state index contributed by atoms with van der Waals surface area (Å²) in [6, 6.07) is 11.1. The van der Waals surface area contributed by atoms with E-state index in [1.165, 1.54) is 36.2 Å². The molecule has 0 radical (unpaired) electrons. The normalized spacial score (nSPS) is 10.2. The monoisotopic (exact) mass is 319 g/mol. The van der Waals surface area contributed by atoms with Crippen molar-refractivity contribution in [1.82, 2.24) is 4.90 Å². The van der Waals surface area contributed by atoms with Crippen LogP contribution in [0.5, 0.6) is 0 Å². The molecule has 0 aliphatic carbocycles. The molecular weight excluding hydrogens is 304 g/mol. The Morgan fingerprint density at radius 3 is 2.52 bits per heavy atom. The Labute approximate surface area is 132 Å². The molecule has 0 unspecified atom stereocenters. The molecule has 0 saturated heterocycles. The summed E-state index contributed by atoms with van der Waals surface area (Å²) < 4.78 is 31.4. The zero-order valence-corrected chi connectivity index (χ0v) is 12.5. The van der Waals surface area contributed by atoms with E-state index in [-0.39, 0.29) is 12.1 Å². The number of nitrogens with zero attached hydrogens (tertiary/aromatic N) is 1. The minimum absolute atomic E-state index is 0.0227. The summed E-state index contributed by atoms with van der Waals surface area (Å²) in [4.78, 5) is 24.9. The van der Waals surface area contributed by atoms with E-state index in [0.29, 0.717) is 5.56 Å². The highest BCUT2D eigenvalue weighted by atomic mass is 19.1. The SMILES string of the molecule is CN(Cc1ccccc1F)C(=O)COC(=O)c1cccc(F)c1. The maximum atomic E-state index is 13.5. The number of halogens is 2. The summed E-state index contributed by atoms with van der Waals surface area (Å²) in [5, 5.41) is 0. The van der Waals surface area contributed by atoms with Gasteiger partial charge in [0.2, 0.25) is 0 Å². The van der Waals surface area contributed by atoms with Gasteiger partial charge in [-0.2, -0.15) is 0 Å². The lowest BCUT2D eigenvalue weighted by atomic mass is 10.2. The number of carbonyl (C=O) groups is 2. The molecule has 4 nitrogen and oxygen atoms in total. The van der Waals surface area contributed by atoms with Crippen LogP contribution in [0.4, 0.5) is 8.78 Å². The summed E-state index contributed by atoms with van der Waals surface area (Å²) >= 11 is 0. The predicted molar refractivity (Wildman–Crippen MR) is 79.6 cm³/mol. The smallest absolute Gasteiger partial charge is 0.338 e. The third-order valence-electron chi connectivity index (χ3n) is 3.18. The third-order valence-corrected chi connectivity index (χ3v) is 3.18. The first kappa shape index (κ1) is 16.6. The Bertz CT molecular complexity index is 718. The van der Waals surface area contributed by atoms with Gasteiger partial charge < -0.3 is 9.64 Å². The average Bonchev–Trinajstić information content (AvgIpc) is 2.54. The first-order valence-electron chi connectivity index (χ1n) is 6.87. The molecule has 0 aliphatic heterocycles. The zero-order valence-electron chi connectivity index (χ0n) is 12.5. The van der Waals surface area contributed by atoms with Gasteiger partial charge in [-0.1, -0.05) is 24.3 Å². The van der Waals surface area contributed by atoms with Crippen molar-refractivity contribution >= 4 is 11.9 Å². The molecule has 0 fully saturated rings. The van der Waals surface area contributed by atoms with Crippen LogP contribution in [0.2, 0.25) is 0 Å². The topological polar surface area (TPSA) is 46.6 Å². The van der Waals surface area contributed by atoms with Crippen LogP contribution >= 0.6 is 0 Å². The standard InChI is InChI=1S/C17H15F2NO3/c1-20(10-13-5-2-3-8-15(13)19)16(21)11-23-17(22)12-6-4-7-14(18)9-12/h2-9H,10-11H2,1H3. The number of hydrogen-bond acceptors (Lipinski definition) is 3. The van der Waals surface area contributed by atoms with Crippen LogP contribution in [0, 0.1) is 11.6 Å². The Kier molecular flexibility index (Phi) is 5.41. The second-order valence-electron chi connectivity index (χ2n) is 4.93. The highest BCUT2D eigenvalue weighted by Gasteiger charge is 2.15. The Balaban J connectivity index is 1.89. The number of likely N-dealkylation sites (N-methyl/N-ethyl adjacent to an activating group) is 1. The Hall–Kier alpha value is -2.76. The number of ether oxygens (including phenoxy) is 1. The van der Waals surface area contributed by atoms with E-state index in [0.717, 1.165) is 6.07 Å². The lowest BCUT2D eigenvalue weighted by Gasteiger charge is -2.17. The van der Waals surface area contributed by atoms with Crippen molar-refractivity contribution < 1.29 is 23.1 Å². The number of benzene rings is 2. The fourth-order valence-electron chi connectivity index (χ4n) is 1.91. The van der Waals surface area contributed by atoms with Crippen LogP contribution in [0.15, 0.2) is 48.5 Å². The number of amides is 1. The van der Waals surface area contributed by atoms with Crippen LogP contribution in [0.1, 0.15) is 15.9 Å². The molecule has 0 saturated carbocycles. The van der Waals surface area contributed by atoms with E-state index < -0.39 is 30.1 Å². The van der Waals surface area contributed by atoms with Gasteiger partial charge >= 0.3 is 5.97 Å². The second-order valence-corrected chi connectivity index (χ2v) is 4.93. The molecule has 1 amide bonds. The van der Waals surface area contributed by atoms with Gasteiger partial charge in [-0.25, -0.2) is 13.6 Å². The molecule has 120 valence electrons. The summed E-state index contributed by atoms with van der Waals surface area (Å²) in [6.45, 7) is -0.441. The highest BCUT2D eigenvalue weighted by molar-refractivity contribution is 5.91. The lowest BCUT2D eigenvalue weighted by Crippen LogP contribution is -2.31. The van der Waals surface area contributed by atoms with Gasteiger partial charge in [-0.15, -0.1) is 0 Å². The molecule has 2 aromatic rings. The molecule has 0 aliphatic rings. The summed E-state index contributed by atoms with van der Waals surface area (Å²) in [5.74, 6) is -2.26. The van der Waals surface area contributed by atoms with E-state index in [9.17, 15) is 18.4 Å². The molecule has 0 heterocycles. The van der Waals surface area contributed by atoms with Crippen molar-refractivity contribution in [3.05, 3.63) is 71.3 Å². The molecule has 0 aromatic heterocycles. The number of carbonyl (C=O) groups excluding carboxylic acids is 2. The highest BCUT2D eigenvalue weighted by Crippen LogP contribution is 2.09. The van der Waals surface area contributed by atoms with Crippen molar-refractivity contribution in [3.63, 3.8) is 0 Å². The molecule has 0 N–H and O–H groups in total. The van der Waals surface area contributed by atoms with Gasteiger partial charge in [0, 0.05) is 19.2 Å². The van der Waals surface area contributed by atoms with Crippen LogP contribution in [-0.2, 0) is 16.1 Å². The summed E-state index contributed by atoms with van der Waals surface area (Å²) in [7, 11) is 1.48. The fourth-order valence-corrected chi connectivity index (χ4v) is 1.91. The van der Waals surface area contributed by atoms with E-state index >= 15 is 0 Å². The largest absolute Gasteiger partial charge is 0.452 e. The van der Waals surface area contributed by atoms with Gasteiger partial charge in [-0.05, 0) is 24.3 Å². The minimum Gasteiger partial charge on any atom is -0.452 e. The van der Waals surface area contributed by atoms with Crippen LogP contribution in [-0.4, -0.2) is 30.4 Å². The number of hydrogen-bond donors (Lipinski definition) is 0. The molecular formula is C17H15F2NO3. The van der Waals surface area contributed by atoms with Crippen LogP contribution in [0.25, 0.3) is 0 Å². The van der Waals surface area contributed by atoms with Crippen molar-refractivity contribution in [1.29, 1.82) is 0 Å². The molecule has 2 aromatic carbocycles. The van der Waals surface area contributed by atoms with Gasteiger partial charge in [0.25, 0.3) is 5.91 Å². The number of rotatable bonds is 5. The minimum atomic E-state index is -0.794. The van der Waals surface area contributed by atoms with E-state index in [2.05, 4.69) is 0 Å². The van der Waals surface area contributed by atoms with Gasteiger partial charge in [-0.3, -0.25) is 4.79 Å². The molecule has 0 atom stereocenters. The first-order chi connectivity index (χ1) is 11.0. The average molecular weight is 319 g/mol. The number of esters is 1. The predicted octanol–water partition coefficient (Wildman–Crippen LogP) is 2.78. The van der Waals surface area contributed by atoms with Gasteiger partial charge in [0.05, 0.1) is 5.56 Å². The molecule has 2 rings (SSSR count). The van der Waals surface area contributed by atoms with Crippen molar-refractivity contribution in [2.45, 2.75) is 6.54 Å². The zero-order chi connectivity index (χ0) is 16.8. The molecule has 0 spiro atoms. The van der Waals surface area contributed by atoms with E-state index in [1.54, 1.807) is 18.2 Å². The maximum Gasteiger partial charge on any atom is 0.338 e. The Morgan fingerprint density at radius 1 is 1.09 bits per heavy atom. The van der Waals surface area contributed by atoms with Gasteiger partial charge in [0.15, 0.2) is 6.61 Å². The van der Waals surface area contributed by atoms with Crippen molar-refractivity contribution in [3.8, 4) is 0 Å². The van der Waals surface area contributed by atoms with Crippen LogP contribution in [0.3, 0.4) is 0 Å². The molecule has 0 bridgehead atoms. The Morgan fingerprint density at radius 2 is 1.83 bits per heavy atom. The third kappa shape index (κ3) is 4.60.